The highest BCUT2D eigenvalue weighted by Crippen LogP contribution is 2.25. The highest BCUT2D eigenvalue weighted by atomic mass is 32.1. The number of nitrogens with zero attached hydrogens (tertiary/aromatic N) is 1. The van der Waals surface area contributed by atoms with Crippen molar-refractivity contribution in [2.45, 2.75) is 19.9 Å². The molecule has 0 aliphatic rings. The number of hydrogen-bond acceptors (Lipinski definition) is 4. The number of rotatable bonds is 6. The minimum atomic E-state index is 0.0550. The molecule has 0 N–H and O–H groups in total. The van der Waals surface area contributed by atoms with Crippen LogP contribution in [0.15, 0.2) is 29.6 Å². The summed E-state index contributed by atoms with van der Waals surface area (Å²) >= 11 is 1.68. The van der Waals surface area contributed by atoms with Crippen molar-refractivity contribution < 1.29 is 14.3 Å². The Morgan fingerprint density at radius 2 is 2.00 bits per heavy atom. The largest absolute Gasteiger partial charge is 0.497 e. The average Bonchev–Trinajstić information content (AvgIpc) is 2.92. The van der Waals surface area contributed by atoms with Crippen molar-refractivity contribution in [1.29, 1.82) is 0 Å². The fraction of sp³-hybridized carbons (Fsp3) is 0.353. The lowest BCUT2D eigenvalue weighted by Gasteiger charge is -2.18. The lowest BCUT2D eigenvalue weighted by molar-refractivity contribution is -0.129. The van der Waals surface area contributed by atoms with E-state index in [0.29, 0.717) is 18.7 Å². The molecule has 118 valence electrons. The maximum atomic E-state index is 12.5. The zero-order valence-electron chi connectivity index (χ0n) is 13.4. The third kappa shape index (κ3) is 3.80. The van der Waals surface area contributed by atoms with Crippen LogP contribution in [0.25, 0.3) is 0 Å². The Balaban J connectivity index is 2.09. The van der Waals surface area contributed by atoms with E-state index in [0.717, 1.165) is 11.3 Å². The van der Waals surface area contributed by atoms with Crippen LogP contribution in [0, 0.1) is 6.92 Å². The third-order valence-electron chi connectivity index (χ3n) is 3.60. The Bertz CT molecular complexity index is 651. The predicted octanol–water partition coefficient (Wildman–Crippen LogP) is 3.27. The van der Waals surface area contributed by atoms with Crippen LogP contribution in [0.5, 0.6) is 11.5 Å². The number of ether oxygens (including phenoxy) is 2. The second kappa shape index (κ2) is 7.31. The fourth-order valence-electron chi connectivity index (χ4n) is 2.19. The topological polar surface area (TPSA) is 38.8 Å². The summed E-state index contributed by atoms with van der Waals surface area (Å²) in [5, 5.41) is 2.05. The second-order valence-electron chi connectivity index (χ2n) is 5.13. The monoisotopic (exact) mass is 319 g/mol. The summed E-state index contributed by atoms with van der Waals surface area (Å²) in [7, 11) is 5.04. The first-order valence-electron chi connectivity index (χ1n) is 7.03. The van der Waals surface area contributed by atoms with Crippen LogP contribution >= 0.6 is 11.3 Å². The Morgan fingerprint density at radius 1 is 1.23 bits per heavy atom. The highest BCUT2D eigenvalue weighted by Gasteiger charge is 2.15. The molecule has 1 heterocycles. The summed E-state index contributed by atoms with van der Waals surface area (Å²) in [6.45, 7) is 2.70. The molecule has 0 unspecified atom stereocenters. The SMILES string of the molecule is COc1ccc(OC)c(CC(=O)N(C)Cc2sccc2C)c1. The molecule has 0 aliphatic carbocycles. The number of carbonyl (C=O) groups is 1. The number of methoxy groups -OCH3 is 2. The highest BCUT2D eigenvalue weighted by molar-refractivity contribution is 7.10. The van der Waals surface area contributed by atoms with Crippen LogP contribution in [-0.4, -0.2) is 32.1 Å². The van der Waals surface area contributed by atoms with E-state index in [2.05, 4.69) is 13.0 Å². The molecule has 1 aromatic heterocycles. The van der Waals surface area contributed by atoms with Crippen molar-refractivity contribution >= 4 is 17.2 Å². The van der Waals surface area contributed by atoms with Crippen LogP contribution < -0.4 is 9.47 Å². The molecule has 4 nitrogen and oxygen atoms in total. The van der Waals surface area contributed by atoms with Crippen molar-refractivity contribution in [1.82, 2.24) is 4.90 Å². The number of aryl methyl sites for hydroxylation is 1. The molecule has 0 spiro atoms. The smallest absolute Gasteiger partial charge is 0.227 e. The summed E-state index contributed by atoms with van der Waals surface area (Å²) in [5.74, 6) is 1.48. The Hall–Kier alpha value is -2.01. The molecule has 5 heteroatoms. The number of thiophene rings is 1. The van der Waals surface area contributed by atoms with Gasteiger partial charge >= 0.3 is 0 Å². The Labute approximate surface area is 135 Å². The van der Waals surface area contributed by atoms with Gasteiger partial charge in [-0.1, -0.05) is 0 Å². The Morgan fingerprint density at radius 3 is 2.59 bits per heavy atom. The standard InChI is InChI=1S/C17H21NO3S/c1-12-7-8-22-16(12)11-18(2)17(19)10-13-9-14(20-3)5-6-15(13)21-4/h5-9H,10-11H2,1-4H3. The van der Waals surface area contributed by atoms with Crippen LogP contribution in [0.1, 0.15) is 16.0 Å². The Kier molecular flexibility index (Phi) is 5.44. The third-order valence-corrected chi connectivity index (χ3v) is 4.61. The van der Waals surface area contributed by atoms with Gasteiger partial charge in [0.15, 0.2) is 0 Å². The van der Waals surface area contributed by atoms with Gasteiger partial charge < -0.3 is 14.4 Å². The molecule has 0 aliphatic heterocycles. The number of benzene rings is 1. The summed E-state index contributed by atoms with van der Waals surface area (Å²) in [6, 6.07) is 7.57. The normalized spacial score (nSPS) is 10.4. The van der Waals surface area contributed by atoms with E-state index in [9.17, 15) is 4.79 Å². The summed E-state index contributed by atoms with van der Waals surface area (Å²) in [4.78, 5) is 15.4. The molecule has 0 bridgehead atoms. The average molecular weight is 319 g/mol. The summed E-state index contributed by atoms with van der Waals surface area (Å²) in [5.41, 5.74) is 2.06. The van der Waals surface area contributed by atoms with Gasteiger partial charge in [0, 0.05) is 17.5 Å². The first kappa shape index (κ1) is 16.4. The summed E-state index contributed by atoms with van der Waals surface area (Å²) < 4.78 is 10.5. The first-order valence-corrected chi connectivity index (χ1v) is 7.91. The van der Waals surface area contributed by atoms with Crippen molar-refractivity contribution in [3.63, 3.8) is 0 Å². The van der Waals surface area contributed by atoms with Crippen LogP contribution in [0.4, 0.5) is 0 Å². The quantitative estimate of drug-likeness (QED) is 0.820. The number of hydrogen-bond donors (Lipinski definition) is 0. The molecule has 0 fully saturated rings. The van der Waals surface area contributed by atoms with Gasteiger partial charge in [-0.25, -0.2) is 0 Å². The van der Waals surface area contributed by atoms with Gasteiger partial charge in [0.2, 0.25) is 5.91 Å². The van der Waals surface area contributed by atoms with Crippen molar-refractivity contribution in [2.75, 3.05) is 21.3 Å². The van der Waals surface area contributed by atoms with Crippen molar-refractivity contribution in [3.8, 4) is 11.5 Å². The van der Waals surface area contributed by atoms with Crippen LogP contribution in [0.3, 0.4) is 0 Å². The predicted molar refractivity (Wildman–Crippen MR) is 88.8 cm³/mol. The molecule has 0 saturated carbocycles. The molecule has 1 aromatic carbocycles. The lowest BCUT2D eigenvalue weighted by atomic mass is 10.1. The molecule has 0 saturated heterocycles. The van der Waals surface area contributed by atoms with Gasteiger partial charge in [0.1, 0.15) is 11.5 Å². The molecule has 22 heavy (non-hydrogen) atoms. The number of amides is 1. The zero-order chi connectivity index (χ0) is 16.1. The molecule has 0 radical (unpaired) electrons. The molecule has 2 aromatic rings. The van der Waals surface area contributed by atoms with Gasteiger partial charge in [-0.15, -0.1) is 11.3 Å². The zero-order valence-corrected chi connectivity index (χ0v) is 14.2. The van der Waals surface area contributed by atoms with Crippen molar-refractivity contribution in [2.24, 2.45) is 0 Å². The maximum Gasteiger partial charge on any atom is 0.227 e. The summed E-state index contributed by atoms with van der Waals surface area (Å²) in [6.07, 6.45) is 0.293. The van der Waals surface area contributed by atoms with E-state index < -0.39 is 0 Å². The minimum Gasteiger partial charge on any atom is -0.497 e. The maximum absolute atomic E-state index is 12.5. The van der Waals surface area contributed by atoms with Gasteiger partial charge in [-0.05, 0) is 42.1 Å². The van der Waals surface area contributed by atoms with Gasteiger partial charge in [-0.3, -0.25) is 4.79 Å². The molecule has 2 rings (SSSR count). The van der Waals surface area contributed by atoms with Gasteiger partial charge in [0.25, 0.3) is 0 Å². The second-order valence-corrected chi connectivity index (χ2v) is 6.13. The molecular weight excluding hydrogens is 298 g/mol. The lowest BCUT2D eigenvalue weighted by Crippen LogP contribution is -2.27. The van der Waals surface area contributed by atoms with E-state index in [1.165, 1.54) is 10.4 Å². The van der Waals surface area contributed by atoms with Gasteiger partial charge in [0.05, 0.1) is 27.2 Å². The van der Waals surface area contributed by atoms with E-state index in [-0.39, 0.29) is 5.91 Å². The number of likely N-dealkylation sites (N-methyl/N-ethyl adjacent to an activating group) is 1. The van der Waals surface area contributed by atoms with E-state index in [4.69, 9.17) is 9.47 Å². The van der Waals surface area contributed by atoms with E-state index >= 15 is 0 Å². The minimum absolute atomic E-state index is 0.0550. The molecule has 0 atom stereocenters. The van der Waals surface area contributed by atoms with Gasteiger partial charge in [-0.2, -0.15) is 0 Å². The molecule has 1 amide bonds. The van der Waals surface area contributed by atoms with E-state index in [1.54, 1.807) is 30.5 Å². The number of carbonyl (C=O) groups excluding carboxylic acids is 1. The van der Waals surface area contributed by atoms with Crippen LogP contribution in [0.2, 0.25) is 0 Å². The fourth-order valence-corrected chi connectivity index (χ4v) is 3.15. The van der Waals surface area contributed by atoms with Crippen molar-refractivity contribution in [3.05, 3.63) is 45.6 Å². The molecular formula is C17H21NO3S. The van der Waals surface area contributed by atoms with E-state index in [1.807, 2.05) is 30.6 Å². The first-order chi connectivity index (χ1) is 10.5. The van der Waals surface area contributed by atoms with Crippen LogP contribution in [-0.2, 0) is 17.8 Å².